The van der Waals surface area contributed by atoms with Crippen LogP contribution in [0.4, 0.5) is 0 Å². The van der Waals surface area contributed by atoms with Gasteiger partial charge in [-0.3, -0.25) is 0 Å². The number of nitrogens with zero attached hydrogens (tertiary/aromatic N) is 1. The quantitative estimate of drug-likeness (QED) is 0.745. The Balaban J connectivity index is 2.17. The van der Waals surface area contributed by atoms with Crippen LogP contribution in [0.15, 0.2) is 42.5 Å². The third kappa shape index (κ3) is 3.32. The van der Waals surface area contributed by atoms with Gasteiger partial charge in [-0.05, 0) is 48.7 Å². The second-order valence-corrected chi connectivity index (χ2v) is 5.91. The van der Waals surface area contributed by atoms with Crippen LogP contribution < -0.4 is 4.74 Å². The number of carboxylic acids is 1. The minimum atomic E-state index is -1.03. The molecule has 128 valence electrons. The standard InChI is InChI=1S/C20H19NO4/c1-12-9-17(16-5-3-4-6-18(16)25-11-19(23)24)21-20-13(2)14(10-22)7-8-15(12)20/h3-9,22H,10-11H2,1-2H3,(H,23,24). The van der Waals surface area contributed by atoms with Crippen molar-refractivity contribution in [2.75, 3.05) is 6.61 Å². The predicted octanol–water partition coefficient (Wildman–Crippen LogP) is 3.47. The Kier molecular flexibility index (Phi) is 4.67. The Hall–Kier alpha value is -2.92. The van der Waals surface area contributed by atoms with Crippen LogP contribution in [0.2, 0.25) is 0 Å². The smallest absolute Gasteiger partial charge is 0.341 e. The first-order chi connectivity index (χ1) is 12.0. The first kappa shape index (κ1) is 16.9. The molecule has 5 nitrogen and oxygen atoms in total. The monoisotopic (exact) mass is 337 g/mol. The summed E-state index contributed by atoms with van der Waals surface area (Å²) < 4.78 is 5.40. The summed E-state index contributed by atoms with van der Waals surface area (Å²) in [6, 6.07) is 13.1. The molecule has 0 atom stereocenters. The van der Waals surface area contributed by atoms with Gasteiger partial charge in [0.25, 0.3) is 0 Å². The molecule has 3 aromatic rings. The number of benzene rings is 2. The molecule has 0 amide bonds. The zero-order valence-electron chi connectivity index (χ0n) is 14.1. The van der Waals surface area contributed by atoms with E-state index in [2.05, 4.69) is 0 Å². The third-order valence-electron chi connectivity index (χ3n) is 4.24. The van der Waals surface area contributed by atoms with Gasteiger partial charge in [-0.1, -0.05) is 24.3 Å². The maximum atomic E-state index is 10.8. The van der Waals surface area contributed by atoms with Gasteiger partial charge in [0.2, 0.25) is 0 Å². The average molecular weight is 337 g/mol. The van der Waals surface area contributed by atoms with Gasteiger partial charge in [-0.15, -0.1) is 0 Å². The lowest BCUT2D eigenvalue weighted by Gasteiger charge is -2.13. The van der Waals surface area contributed by atoms with E-state index in [1.54, 1.807) is 12.1 Å². The molecule has 0 aliphatic rings. The highest BCUT2D eigenvalue weighted by Gasteiger charge is 2.13. The van der Waals surface area contributed by atoms with Gasteiger partial charge in [0.05, 0.1) is 17.8 Å². The Bertz CT molecular complexity index is 950. The second kappa shape index (κ2) is 6.91. The van der Waals surface area contributed by atoms with Gasteiger partial charge in [-0.2, -0.15) is 0 Å². The van der Waals surface area contributed by atoms with Crippen LogP contribution >= 0.6 is 0 Å². The van der Waals surface area contributed by atoms with E-state index in [0.29, 0.717) is 11.4 Å². The number of aliphatic carboxylic acids is 1. The zero-order chi connectivity index (χ0) is 18.0. The minimum absolute atomic E-state index is 0.0367. The van der Waals surface area contributed by atoms with Crippen LogP contribution in [0, 0.1) is 13.8 Å². The van der Waals surface area contributed by atoms with Crippen molar-refractivity contribution in [2.45, 2.75) is 20.5 Å². The fourth-order valence-corrected chi connectivity index (χ4v) is 2.89. The largest absolute Gasteiger partial charge is 0.481 e. The highest BCUT2D eigenvalue weighted by atomic mass is 16.5. The third-order valence-corrected chi connectivity index (χ3v) is 4.24. The Morgan fingerprint density at radius 1 is 1.16 bits per heavy atom. The van der Waals surface area contributed by atoms with Gasteiger partial charge >= 0.3 is 5.97 Å². The molecule has 0 radical (unpaired) electrons. The molecule has 0 spiro atoms. The number of para-hydroxylation sites is 1. The van der Waals surface area contributed by atoms with Crippen LogP contribution in [-0.4, -0.2) is 27.8 Å². The fraction of sp³-hybridized carbons (Fsp3) is 0.200. The van der Waals surface area contributed by atoms with Gasteiger partial charge in [0, 0.05) is 10.9 Å². The van der Waals surface area contributed by atoms with Crippen molar-refractivity contribution in [3.63, 3.8) is 0 Å². The van der Waals surface area contributed by atoms with Crippen LogP contribution in [-0.2, 0) is 11.4 Å². The number of carboxylic acid groups (broad SMARTS) is 1. The molecule has 1 aromatic heterocycles. The van der Waals surface area contributed by atoms with Gasteiger partial charge < -0.3 is 14.9 Å². The number of carbonyl (C=O) groups is 1. The minimum Gasteiger partial charge on any atom is -0.481 e. The van der Waals surface area contributed by atoms with Crippen LogP contribution in [0.1, 0.15) is 16.7 Å². The molecule has 2 aromatic carbocycles. The highest BCUT2D eigenvalue weighted by Crippen LogP contribution is 2.32. The molecule has 0 bridgehead atoms. The summed E-state index contributed by atoms with van der Waals surface area (Å²) in [5.74, 6) is -0.548. The molecule has 25 heavy (non-hydrogen) atoms. The predicted molar refractivity (Wildman–Crippen MR) is 95.7 cm³/mol. The molecule has 3 rings (SSSR count). The normalized spacial score (nSPS) is 10.8. The van der Waals surface area contributed by atoms with Gasteiger partial charge in [0.1, 0.15) is 5.75 Å². The van der Waals surface area contributed by atoms with Crippen molar-refractivity contribution in [3.05, 3.63) is 59.2 Å². The van der Waals surface area contributed by atoms with Crippen molar-refractivity contribution in [2.24, 2.45) is 0 Å². The van der Waals surface area contributed by atoms with E-state index in [4.69, 9.17) is 14.8 Å². The molecule has 1 heterocycles. The van der Waals surface area contributed by atoms with Crippen molar-refractivity contribution < 1.29 is 19.7 Å². The van der Waals surface area contributed by atoms with Crippen molar-refractivity contribution in [3.8, 4) is 17.0 Å². The number of fused-ring (bicyclic) bond motifs is 1. The summed E-state index contributed by atoms with van der Waals surface area (Å²) in [6.45, 7) is 3.51. The number of aromatic nitrogens is 1. The lowest BCUT2D eigenvalue weighted by Crippen LogP contribution is -2.10. The van der Waals surface area contributed by atoms with E-state index in [1.807, 2.05) is 44.2 Å². The molecule has 2 N–H and O–H groups in total. The number of rotatable bonds is 5. The first-order valence-electron chi connectivity index (χ1n) is 7.96. The van der Waals surface area contributed by atoms with Crippen molar-refractivity contribution >= 4 is 16.9 Å². The fourth-order valence-electron chi connectivity index (χ4n) is 2.89. The summed E-state index contributed by atoms with van der Waals surface area (Å²) in [5, 5.41) is 19.4. The summed E-state index contributed by atoms with van der Waals surface area (Å²) in [7, 11) is 0. The molecular weight excluding hydrogens is 318 g/mol. The Labute approximate surface area is 145 Å². The molecule has 0 fully saturated rings. The summed E-state index contributed by atoms with van der Waals surface area (Å²) in [4.78, 5) is 15.6. The summed E-state index contributed by atoms with van der Waals surface area (Å²) >= 11 is 0. The van der Waals surface area contributed by atoms with Gasteiger partial charge in [0.15, 0.2) is 6.61 Å². The maximum Gasteiger partial charge on any atom is 0.341 e. The van der Waals surface area contributed by atoms with Gasteiger partial charge in [-0.25, -0.2) is 9.78 Å². The molecule has 0 unspecified atom stereocenters. The van der Waals surface area contributed by atoms with Crippen molar-refractivity contribution in [1.82, 2.24) is 4.98 Å². The Morgan fingerprint density at radius 2 is 1.92 bits per heavy atom. The molecule has 0 saturated carbocycles. The number of aliphatic hydroxyl groups is 1. The number of hydrogen-bond acceptors (Lipinski definition) is 4. The maximum absolute atomic E-state index is 10.8. The number of hydrogen-bond donors (Lipinski definition) is 2. The van der Waals surface area contributed by atoms with E-state index in [9.17, 15) is 9.90 Å². The molecule has 5 heteroatoms. The SMILES string of the molecule is Cc1cc(-c2ccccc2OCC(=O)O)nc2c(C)c(CO)ccc12. The van der Waals surface area contributed by atoms with Crippen LogP contribution in [0.25, 0.3) is 22.2 Å². The van der Waals surface area contributed by atoms with Crippen LogP contribution in [0.5, 0.6) is 5.75 Å². The Morgan fingerprint density at radius 3 is 2.64 bits per heavy atom. The summed E-state index contributed by atoms with van der Waals surface area (Å²) in [5.41, 5.74) is 5.11. The lowest BCUT2D eigenvalue weighted by atomic mass is 9.99. The number of pyridine rings is 1. The van der Waals surface area contributed by atoms with E-state index in [1.165, 1.54) is 0 Å². The lowest BCUT2D eigenvalue weighted by molar-refractivity contribution is -0.139. The molecular formula is C20H19NO4. The van der Waals surface area contributed by atoms with E-state index in [0.717, 1.165) is 33.2 Å². The van der Waals surface area contributed by atoms with Crippen LogP contribution in [0.3, 0.4) is 0 Å². The first-order valence-corrected chi connectivity index (χ1v) is 7.96. The summed E-state index contributed by atoms with van der Waals surface area (Å²) in [6.07, 6.45) is 0. The number of aryl methyl sites for hydroxylation is 2. The highest BCUT2D eigenvalue weighted by molar-refractivity contribution is 5.88. The second-order valence-electron chi connectivity index (χ2n) is 5.91. The number of aliphatic hydroxyl groups excluding tert-OH is 1. The zero-order valence-corrected chi connectivity index (χ0v) is 14.1. The topological polar surface area (TPSA) is 79.7 Å². The van der Waals surface area contributed by atoms with Crippen molar-refractivity contribution in [1.29, 1.82) is 0 Å². The molecule has 0 saturated heterocycles. The molecule has 0 aliphatic heterocycles. The average Bonchev–Trinajstić information content (AvgIpc) is 2.61. The van der Waals surface area contributed by atoms with E-state index < -0.39 is 12.6 Å². The van der Waals surface area contributed by atoms with E-state index >= 15 is 0 Å². The molecule has 0 aliphatic carbocycles. The number of ether oxygens (including phenoxy) is 1. The van der Waals surface area contributed by atoms with E-state index in [-0.39, 0.29) is 6.61 Å².